The minimum Gasteiger partial charge on any atom is -0.496 e. The number of halogens is 1. The first-order valence-electron chi connectivity index (χ1n) is 10.1. The zero-order valence-corrected chi connectivity index (χ0v) is 18.2. The fraction of sp³-hybridized carbons (Fsp3) is 0.619. The minimum atomic E-state index is -1.06. The molecule has 8 heteroatoms. The average molecular weight is 422 g/mol. The molecule has 1 aromatic rings. The molecule has 29 heavy (non-hydrogen) atoms. The number of carbonyl (C=O) groups is 1. The van der Waals surface area contributed by atoms with E-state index in [-0.39, 0.29) is 29.7 Å². The molecule has 1 spiro atoms. The van der Waals surface area contributed by atoms with Gasteiger partial charge >= 0.3 is 0 Å². The molecule has 2 aliphatic heterocycles. The highest BCUT2D eigenvalue weighted by atomic mass is 35.5. The topological polar surface area (TPSA) is 81.2 Å². The van der Waals surface area contributed by atoms with E-state index < -0.39 is 5.60 Å². The van der Waals surface area contributed by atoms with Crippen LogP contribution in [0.25, 0.3) is 0 Å². The van der Waals surface area contributed by atoms with Gasteiger partial charge in [-0.3, -0.25) is 4.79 Å². The van der Waals surface area contributed by atoms with E-state index in [1.165, 1.54) is 14.2 Å². The highest BCUT2D eigenvalue weighted by Crippen LogP contribution is 2.55. The molecule has 2 heterocycles. The van der Waals surface area contributed by atoms with E-state index in [0.717, 1.165) is 18.6 Å². The Labute approximate surface area is 176 Å². The lowest BCUT2D eigenvalue weighted by molar-refractivity contribution is -0.0187. The van der Waals surface area contributed by atoms with Crippen LogP contribution in [0.3, 0.4) is 0 Å². The normalized spacial score (nSPS) is 34.6. The third-order valence-corrected chi connectivity index (χ3v) is 6.97. The smallest absolute Gasteiger partial charge is 0.215 e. The summed E-state index contributed by atoms with van der Waals surface area (Å²) in [4.78, 5) is 13.9. The van der Waals surface area contributed by atoms with Gasteiger partial charge in [-0.25, -0.2) is 0 Å². The molecular formula is C21H28ClN3O4. The van der Waals surface area contributed by atoms with Crippen LogP contribution in [0.1, 0.15) is 43.5 Å². The first-order chi connectivity index (χ1) is 13.9. The van der Waals surface area contributed by atoms with Gasteiger partial charge in [0.2, 0.25) is 5.78 Å². The van der Waals surface area contributed by atoms with Crippen LogP contribution < -0.4 is 25.0 Å². The molecule has 3 aliphatic rings. The van der Waals surface area contributed by atoms with Gasteiger partial charge in [0.25, 0.3) is 0 Å². The van der Waals surface area contributed by atoms with Crippen molar-refractivity contribution in [2.75, 3.05) is 21.3 Å². The van der Waals surface area contributed by atoms with Gasteiger partial charge < -0.3 is 25.0 Å². The van der Waals surface area contributed by atoms with Crippen molar-refractivity contribution in [3.05, 3.63) is 16.7 Å². The van der Waals surface area contributed by atoms with Crippen molar-refractivity contribution < 1.29 is 19.0 Å². The molecule has 2 N–H and O–H groups in total. The molecule has 4 rings (SSSR count). The first-order valence-corrected chi connectivity index (χ1v) is 10.4. The Balaban J connectivity index is 1.87. The van der Waals surface area contributed by atoms with Crippen molar-refractivity contribution in [3.63, 3.8) is 0 Å². The predicted octanol–water partition coefficient (Wildman–Crippen LogP) is 3.04. The van der Waals surface area contributed by atoms with Crippen molar-refractivity contribution in [2.45, 2.75) is 50.8 Å². The Bertz CT molecular complexity index is 874. The maximum absolute atomic E-state index is 13.9. The van der Waals surface area contributed by atoms with Crippen LogP contribution in [0, 0.1) is 11.8 Å². The number of hydrazone groups is 1. The number of Topliss-reactive ketones (excluding diaryl/α,β-unsaturated/α-hetero) is 1. The second-order valence-corrected chi connectivity index (χ2v) is 8.56. The van der Waals surface area contributed by atoms with Crippen molar-refractivity contribution >= 4 is 23.1 Å². The number of benzene rings is 1. The molecule has 158 valence electrons. The lowest BCUT2D eigenvalue weighted by Gasteiger charge is -2.51. The molecule has 0 bridgehead atoms. The highest BCUT2D eigenvalue weighted by molar-refractivity contribution is 6.35. The van der Waals surface area contributed by atoms with Crippen molar-refractivity contribution in [3.8, 4) is 17.2 Å². The van der Waals surface area contributed by atoms with Crippen LogP contribution >= 0.6 is 11.6 Å². The Kier molecular flexibility index (Phi) is 5.15. The van der Waals surface area contributed by atoms with Crippen LogP contribution in [-0.4, -0.2) is 50.4 Å². The molecule has 2 fully saturated rings. The Morgan fingerprint density at radius 3 is 2.66 bits per heavy atom. The lowest BCUT2D eigenvalue weighted by atomic mass is 9.62. The number of piperidine rings is 1. The van der Waals surface area contributed by atoms with Crippen LogP contribution in [0.5, 0.6) is 17.2 Å². The number of carbonyl (C=O) groups excluding carboxylic acids is 1. The third-order valence-electron chi connectivity index (χ3n) is 6.61. The highest BCUT2D eigenvalue weighted by Gasteiger charge is 2.64. The van der Waals surface area contributed by atoms with Crippen molar-refractivity contribution in [2.24, 2.45) is 16.9 Å². The summed E-state index contributed by atoms with van der Waals surface area (Å²) in [7, 11) is 4.87. The fourth-order valence-corrected chi connectivity index (χ4v) is 5.49. The van der Waals surface area contributed by atoms with Gasteiger partial charge in [-0.15, -0.1) is 0 Å². The van der Waals surface area contributed by atoms with E-state index in [4.69, 9.17) is 25.8 Å². The summed E-state index contributed by atoms with van der Waals surface area (Å²) in [6.07, 6.45) is 2.65. The molecule has 1 aromatic carbocycles. The first kappa shape index (κ1) is 20.3. The quantitative estimate of drug-likeness (QED) is 0.730. The van der Waals surface area contributed by atoms with Gasteiger partial charge in [0.15, 0.2) is 11.4 Å². The third kappa shape index (κ3) is 2.81. The Morgan fingerprint density at radius 1 is 1.28 bits per heavy atom. The summed E-state index contributed by atoms with van der Waals surface area (Å²) in [5.41, 5.74) is 3.35. The molecule has 0 radical (unpaired) electrons. The van der Waals surface area contributed by atoms with Gasteiger partial charge in [0.1, 0.15) is 22.1 Å². The second-order valence-electron chi connectivity index (χ2n) is 8.18. The maximum atomic E-state index is 13.9. The summed E-state index contributed by atoms with van der Waals surface area (Å²) < 4.78 is 17.4. The predicted molar refractivity (Wildman–Crippen MR) is 112 cm³/mol. The van der Waals surface area contributed by atoms with Gasteiger partial charge in [0, 0.05) is 36.7 Å². The van der Waals surface area contributed by atoms with Crippen LogP contribution in [0.4, 0.5) is 0 Å². The van der Waals surface area contributed by atoms with E-state index in [9.17, 15) is 4.79 Å². The second kappa shape index (κ2) is 7.36. The zero-order chi connectivity index (χ0) is 20.9. The molecule has 0 amide bonds. The van der Waals surface area contributed by atoms with E-state index in [0.29, 0.717) is 34.3 Å². The molecule has 5 atom stereocenters. The summed E-state index contributed by atoms with van der Waals surface area (Å²) in [5, 5.41) is 8.49. The number of ether oxygens (including phenoxy) is 3. The van der Waals surface area contributed by atoms with Crippen LogP contribution in [0.15, 0.2) is 11.2 Å². The average Bonchev–Trinajstić information content (AvgIpc) is 3.02. The number of nitrogens with one attached hydrogen (secondary N) is 2. The number of hydrogen-bond donors (Lipinski definition) is 2. The van der Waals surface area contributed by atoms with E-state index in [1.54, 1.807) is 13.1 Å². The molecule has 1 aliphatic carbocycles. The number of nitrogens with zero attached hydrogens (tertiary/aromatic N) is 1. The van der Waals surface area contributed by atoms with Gasteiger partial charge in [0.05, 0.1) is 20.3 Å². The molecule has 0 aromatic heterocycles. The van der Waals surface area contributed by atoms with Gasteiger partial charge in [-0.2, -0.15) is 5.10 Å². The number of ketones is 1. The van der Waals surface area contributed by atoms with Crippen LogP contribution in [0.2, 0.25) is 5.02 Å². The summed E-state index contributed by atoms with van der Waals surface area (Å²) >= 11 is 6.57. The number of rotatable bonds is 3. The number of fused-ring (bicyclic) bond motifs is 3. The maximum Gasteiger partial charge on any atom is 0.215 e. The standard InChI is InChI=1S/C21H28ClN3O4/c1-10-8-13(25-23-3)12-7-6-11(2)24-19(12)21(10)20(26)16-14(27-4)9-15(28-5)17(22)18(16)29-21/h9-12,19,23-24H,6-8H2,1-5H3/b25-13-. The zero-order valence-electron chi connectivity index (χ0n) is 17.5. The van der Waals surface area contributed by atoms with Gasteiger partial charge in [-0.1, -0.05) is 18.5 Å². The van der Waals surface area contributed by atoms with Crippen LogP contribution in [-0.2, 0) is 0 Å². The molecule has 1 saturated carbocycles. The summed E-state index contributed by atoms with van der Waals surface area (Å²) in [5.74, 6) is 1.13. The van der Waals surface area contributed by atoms with E-state index in [2.05, 4.69) is 22.8 Å². The minimum absolute atomic E-state index is 0.0819. The van der Waals surface area contributed by atoms with Crippen molar-refractivity contribution in [1.82, 2.24) is 10.7 Å². The molecule has 1 saturated heterocycles. The monoisotopic (exact) mass is 421 g/mol. The molecule has 5 unspecified atom stereocenters. The fourth-order valence-electron chi connectivity index (χ4n) is 5.23. The Hall–Kier alpha value is -1.99. The van der Waals surface area contributed by atoms with Gasteiger partial charge in [-0.05, 0) is 26.2 Å². The van der Waals surface area contributed by atoms with E-state index in [1.807, 2.05) is 6.92 Å². The number of hydrogen-bond acceptors (Lipinski definition) is 7. The molecule has 7 nitrogen and oxygen atoms in total. The SMILES string of the molecule is CN/N=C1/CC(C)C2(Oc3c(Cl)c(OC)cc(OC)c3C2=O)C2NC(C)CCC12. The number of methoxy groups -OCH3 is 2. The molecular weight excluding hydrogens is 394 g/mol. The van der Waals surface area contributed by atoms with E-state index >= 15 is 0 Å². The van der Waals surface area contributed by atoms with Crippen molar-refractivity contribution in [1.29, 1.82) is 0 Å². The lowest BCUT2D eigenvalue weighted by Crippen LogP contribution is -2.70. The summed E-state index contributed by atoms with van der Waals surface area (Å²) in [6.45, 7) is 4.19. The Morgan fingerprint density at radius 2 is 2.00 bits per heavy atom. The largest absolute Gasteiger partial charge is 0.496 e. The summed E-state index contributed by atoms with van der Waals surface area (Å²) in [6, 6.07) is 1.73.